The largest absolute Gasteiger partial charge is 0.315 e. The number of aryl methyl sites for hydroxylation is 2. The summed E-state index contributed by atoms with van der Waals surface area (Å²) in [5, 5.41) is 2.89. The van der Waals surface area contributed by atoms with Crippen molar-refractivity contribution in [2.24, 2.45) is 0 Å². The maximum atomic E-state index is 13.0. The molecule has 0 atom stereocenters. The van der Waals surface area contributed by atoms with Gasteiger partial charge < -0.3 is 9.88 Å². The van der Waals surface area contributed by atoms with Crippen LogP contribution in [0.2, 0.25) is 0 Å². The van der Waals surface area contributed by atoms with Gasteiger partial charge in [-0.3, -0.25) is 4.79 Å². The normalized spacial score (nSPS) is 10.9. The van der Waals surface area contributed by atoms with Crippen molar-refractivity contribution < 1.29 is 4.79 Å². The molecule has 0 aliphatic carbocycles. The van der Waals surface area contributed by atoms with Crippen LogP contribution >= 0.6 is 0 Å². The van der Waals surface area contributed by atoms with Crippen LogP contribution in [0.3, 0.4) is 0 Å². The first-order valence-corrected chi connectivity index (χ1v) is 8.86. The Bertz CT molecular complexity index is 1100. The Labute approximate surface area is 157 Å². The van der Waals surface area contributed by atoms with Crippen LogP contribution in [0.15, 0.2) is 66.7 Å². The summed E-state index contributed by atoms with van der Waals surface area (Å²) in [5.41, 5.74) is 4.75. The van der Waals surface area contributed by atoms with Crippen molar-refractivity contribution in [3.8, 4) is 0 Å². The number of hydrogen-bond acceptors (Lipinski definition) is 3. The van der Waals surface area contributed by atoms with E-state index in [2.05, 4.69) is 15.3 Å². The van der Waals surface area contributed by atoms with Crippen LogP contribution < -0.4 is 5.32 Å². The minimum absolute atomic E-state index is 0.264. The summed E-state index contributed by atoms with van der Waals surface area (Å²) in [4.78, 5) is 22.0. The summed E-state index contributed by atoms with van der Waals surface area (Å²) >= 11 is 0. The van der Waals surface area contributed by atoms with Gasteiger partial charge in [-0.2, -0.15) is 0 Å². The maximum Gasteiger partial charge on any atom is 0.292 e. The number of nitrogens with zero attached hydrogens (tertiary/aromatic N) is 3. The third kappa shape index (κ3) is 3.58. The van der Waals surface area contributed by atoms with Gasteiger partial charge in [-0.1, -0.05) is 42.5 Å². The molecule has 2 aromatic heterocycles. The van der Waals surface area contributed by atoms with Crippen LogP contribution in [0, 0.1) is 13.8 Å². The van der Waals surface area contributed by atoms with Gasteiger partial charge in [0, 0.05) is 12.2 Å². The molecule has 0 aliphatic heterocycles. The van der Waals surface area contributed by atoms with E-state index in [1.807, 2.05) is 85.1 Å². The molecule has 0 saturated heterocycles. The van der Waals surface area contributed by atoms with Crippen LogP contribution in [-0.2, 0) is 6.54 Å². The van der Waals surface area contributed by atoms with Crippen molar-refractivity contribution in [2.45, 2.75) is 20.4 Å². The number of benzene rings is 2. The summed E-state index contributed by atoms with van der Waals surface area (Å²) in [6.07, 6.45) is 0. The number of fused-ring (bicyclic) bond motifs is 1. The molecule has 0 fully saturated rings. The van der Waals surface area contributed by atoms with Gasteiger partial charge in [0.05, 0.1) is 11.0 Å². The highest BCUT2D eigenvalue weighted by atomic mass is 16.2. The predicted octanol–water partition coefficient (Wildman–Crippen LogP) is 4.35. The minimum atomic E-state index is -0.264. The first kappa shape index (κ1) is 17.0. The molecule has 0 aliphatic rings. The van der Waals surface area contributed by atoms with Crippen molar-refractivity contribution in [3.63, 3.8) is 0 Å². The van der Waals surface area contributed by atoms with E-state index >= 15 is 0 Å². The van der Waals surface area contributed by atoms with Crippen LogP contribution in [0.4, 0.5) is 5.82 Å². The van der Waals surface area contributed by atoms with Crippen molar-refractivity contribution in [2.75, 3.05) is 5.32 Å². The highest BCUT2D eigenvalue weighted by molar-refractivity contribution is 6.03. The summed E-state index contributed by atoms with van der Waals surface area (Å²) in [5.74, 6) is 0.650. The molecule has 27 heavy (non-hydrogen) atoms. The molecule has 5 nitrogen and oxygen atoms in total. The number of nitrogens with one attached hydrogen (secondary N) is 1. The summed E-state index contributed by atoms with van der Waals surface area (Å²) in [6.45, 7) is 4.46. The van der Waals surface area contributed by atoms with Gasteiger partial charge in [-0.05, 0) is 49.2 Å². The molecule has 4 rings (SSSR count). The fourth-order valence-corrected chi connectivity index (χ4v) is 3.25. The lowest BCUT2D eigenvalue weighted by atomic mass is 10.2. The topological polar surface area (TPSA) is 59.8 Å². The van der Waals surface area contributed by atoms with E-state index in [1.165, 1.54) is 0 Å². The number of pyridine rings is 1. The lowest BCUT2D eigenvalue weighted by Crippen LogP contribution is -2.19. The standard InChI is InChI=1S/C22H20N4O/c1-15-12-16(2)23-20(13-15)25-22(27)21-24-18-10-6-7-11-19(18)26(21)14-17-8-4-3-5-9-17/h3-13H,14H2,1-2H3,(H,23,25,27). The number of rotatable bonds is 4. The Kier molecular flexibility index (Phi) is 4.42. The Balaban J connectivity index is 1.74. The van der Waals surface area contributed by atoms with Crippen LogP contribution in [0.1, 0.15) is 27.4 Å². The van der Waals surface area contributed by atoms with E-state index in [1.54, 1.807) is 0 Å². The first-order valence-electron chi connectivity index (χ1n) is 8.86. The number of aromatic nitrogens is 3. The average Bonchev–Trinajstić information content (AvgIpc) is 3.00. The van der Waals surface area contributed by atoms with Gasteiger partial charge >= 0.3 is 0 Å². The highest BCUT2D eigenvalue weighted by Crippen LogP contribution is 2.19. The van der Waals surface area contributed by atoms with Gasteiger partial charge in [0.2, 0.25) is 5.82 Å². The zero-order valence-corrected chi connectivity index (χ0v) is 15.3. The zero-order chi connectivity index (χ0) is 18.8. The number of amides is 1. The molecule has 4 aromatic rings. The molecule has 0 unspecified atom stereocenters. The quantitative estimate of drug-likeness (QED) is 0.591. The summed E-state index contributed by atoms with van der Waals surface area (Å²) < 4.78 is 1.95. The van der Waals surface area contributed by atoms with Gasteiger partial charge in [-0.15, -0.1) is 0 Å². The molecule has 0 radical (unpaired) electrons. The smallest absolute Gasteiger partial charge is 0.292 e. The summed E-state index contributed by atoms with van der Waals surface area (Å²) in [6, 6.07) is 21.7. The van der Waals surface area contributed by atoms with Gasteiger partial charge in [0.25, 0.3) is 5.91 Å². The van der Waals surface area contributed by atoms with Gasteiger partial charge in [0.1, 0.15) is 5.82 Å². The summed E-state index contributed by atoms with van der Waals surface area (Å²) in [7, 11) is 0. The Morgan fingerprint density at radius 3 is 2.48 bits per heavy atom. The van der Waals surface area contributed by atoms with E-state index in [0.717, 1.165) is 27.9 Å². The molecule has 0 saturated carbocycles. The number of carbonyl (C=O) groups is 1. The fourth-order valence-electron chi connectivity index (χ4n) is 3.25. The van der Waals surface area contributed by atoms with Gasteiger partial charge in [-0.25, -0.2) is 9.97 Å². The van der Waals surface area contributed by atoms with E-state index in [9.17, 15) is 4.79 Å². The lowest BCUT2D eigenvalue weighted by Gasteiger charge is -2.10. The number of imidazole rings is 1. The van der Waals surface area contributed by atoms with E-state index in [4.69, 9.17) is 0 Å². The van der Waals surface area contributed by atoms with Crippen LogP contribution in [-0.4, -0.2) is 20.4 Å². The minimum Gasteiger partial charge on any atom is -0.315 e. The van der Waals surface area contributed by atoms with Crippen molar-refractivity contribution in [3.05, 3.63) is 89.4 Å². The third-order valence-corrected chi connectivity index (χ3v) is 4.38. The molecule has 134 valence electrons. The van der Waals surface area contributed by atoms with E-state index < -0.39 is 0 Å². The van der Waals surface area contributed by atoms with E-state index in [-0.39, 0.29) is 5.91 Å². The second kappa shape index (κ2) is 7.03. The van der Waals surface area contributed by atoms with E-state index in [0.29, 0.717) is 18.2 Å². The highest BCUT2D eigenvalue weighted by Gasteiger charge is 2.18. The predicted molar refractivity (Wildman–Crippen MR) is 107 cm³/mol. The molecule has 5 heteroatoms. The molecular formula is C22H20N4O. The van der Waals surface area contributed by atoms with Gasteiger partial charge in [0.15, 0.2) is 0 Å². The Morgan fingerprint density at radius 1 is 0.963 bits per heavy atom. The molecule has 2 aromatic carbocycles. The number of para-hydroxylation sites is 2. The first-order chi connectivity index (χ1) is 13.1. The third-order valence-electron chi connectivity index (χ3n) is 4.38. The second-order valence-electron chi connectivity index (χ2n) is 6.62. The average molecular weight is 356 g/mol. The molecule has 2 heterocycles. The molecule has 0 spiro atoms. The number of anilines is 1. The van der Waals surface area contributed by atoms with Crippen molar-refractivity contribution in [1.82, 2.24) is 14.5 Å². The second-order valence-corrected chi connectivity index (χ2v) is 6.62. The van der Waals surface area contributed by atoms with Crippen LogP contribution in [0.5, 0.6) is 0 Å². The molecular weight excluding hydrogens is 336 g/mol. The number of carbonyl (C=O) groups excluding carboxylic acids is 1. The van der Waals surface area contributed by atoms with Crippen molar-refractivity contribution in [1.29, 1.82) is 0 Å². The molecule has 0 bridgehead atoms. The number of hydrogen-bond donors (Lipinski definition) is 1. The molecule has 1 N–H and O–H groups in total. The Hall–Kier alpha value is -3.47. The fraction of sp³-hybridized carbons (Fsp3) is 0.136. The van der Waals surface area contributed by atoms with Crippen LogP contribution in [0.25, 0.3) is 11.0 Å². The van der Waals surface area contributed by atoms with Crippen molar-refractivity contribution >= 4 is 22.8 Å². The monoisotopic (exact) mass is 356 g/mol. The lowest BCUT2D eigenvalue weighted by molar-refractivity contribution is 0.101. The Morgan fingerprint density at radius 2 is 1.70 bits per heavy atom. The SMILES string of the molecule is Cc1cc(C)nc(NC(=O)c2nc3ccccc3n2Cc2ccccc2)c1. The maximum absolute atomic E-state index is 13.0. The zero-order valence-electron chi connectivity index (χ0n) is 15.3. The molecule has 1 amide bonds.